The molecule has 2 aromatic carbocycles. The van der Waals surface area contributed by atoms with Gasteiger partial charge in [-0.05, 0) is 84.0 Å². The lowest BCUT2D eigenvalue weighted by Gasteiger charge is -2.34. The van der Waals surface area contributed by atoms with Crippen LogP contribution in [0.2, 0.25) is 0 Å². The molecule has 32 heavy (non-hydrogen) atoms. The second kappa shape index (κ2) is 9.58. The second-order valence-corrected chi connectivity index (χ2v) is 8.66. The van der Waals surface area contributed by atoms with Gasteiger partial charge in [0.1, 0.15) is 0 Å². The van der Waals surface area contributed by atoms with E-state index >= 15 is 0 Å². The Bertz CT molecular complexity index is 1140. The van der Waals surface area contributed by atoms with E-state index in [1.54, 1.807) is 36.4 Å². The number of hydrogen-bond acceptors (Lipinski definition) is 5. The Balaban J connectivity index is 1.42. The number of amides is 2. The standard InChI is InChI=1S/C24H25BrN4O3/c1-16-14-19(29-12-10-28(2)11-13-29)6-7-20(16)27-23(30)17-4-3-5-18(15-17)26-24(31)21-8-9-22(25)32-21/h3-9,14-15H,10-13H2,1-2H3,(H,26,31)(H,27,30). The minimum Gasteiger partial charge on any atom is -0.444 e. The van der Waals surface area contributed by atoms with Crippen molar-refractivity contribution in [2.75, 3.05) is 48.8 Å². The number of piperazine rings is 1. The van der Waals surface area contributed by atoms with Gasteiger partial charge in [-0.25, -0.2) is 0 Å². The molecule has 1 aliphatic heterocycles. The highest BCUT2D eigenvalue weighted by atomic mass is 79.9. The lowest BCUT2D eigenvalue weighted by atomic mass is 10.1. The smallest absolute Gasteiger partial charge is 0.291 e. The predicted octanol–water partition coefficient (Wildman–Crippen LogP) is 4.61. The number of benzene rings is 2. The van der Waals surface area contributed by atoms with Gasteiger partial charge in [-0.2, -0.15) is 0 Å². The van der Waals surface area contributed by atoms with E-state index in [-0.39, 0.29) is 17.6 Å². The normalized spacial score (nSPS) is 14.3. The summed E-state index contributed by atoms with van der Waals surface area (Å²) >= 11 is 3.18. The highest BCUT2D eigenvalue weighted by Crippen LogP contribution is 2.24. The van der Waals surface area contributed by atoms with Crippen LogP contribution in [0, 0.1) is 6.92 Å². The first-order chi connectivity index (χ1) is 15.4. The van der Waals surface area contributed by atoms with Gasteiger partial charge in [0.25, 0.3) is 11.8 Å². The molecule has 1 fully saturated rings. The quantitative estimate of drug-likeness (QED) is 0.539. The lowest BCUT2D eigenvalue weighted by molar-refractivity contribution is 0.0992. The number of carbonyl (C=O) groups excluding carboxylic acids is 2. The number of nitrogens with one attached hydrogen (secondary N) is 2. The van der Waals surface area contributed by atoms with Gasteiger partial charge in [-0.3, -0.25) is 9.59 Å². The van der Waals surface area contributed by atoms with Crippen molar-refractivity contribution in [1.29, 1.82) is 0 Å². The fraction of sp³-hybridized carbons (Fsp3) is 0.250. The maximum atomic E-state index is 12.8. The van der Waals surface area contributed by atoms with Crippen molar-refractivity contribution >= 4 is 44.8 Å². The zero-order chi connectivity index (χ0) is 22.7. The molecule has 3 aromatic rings. The van der Waals surface area contributed by atoms with E-state index in [0.717, 1.165) is 37.4 Å². The van der Waals surface area contributed by atoms with Crippen molar-refractivity contribution in [3.63, 3.8) is 0 Å². The van der Waals surface area contributed by atoms with E-state index < -0.39 is 0 Å². The summed E-state index contributed by atoms with van der Waals surface area (Å²) in [5.74, 6) is -0.441. The topological polar surface area (TPSA) is 77.8 Å². The number of rotatable bonds is 5. The van der Waals surface area contributed by atoms with Crippen LogP contribution in [0.15, 0.2) is 63.7 Å². The Labute approximate surface area is 195 Å². The number of hydrogen-bond donors (Lipinski definition) is 2. The molecule has 4 rings (SSSR count). The van der Waals surface area contributed by atoms with Crippen LogP contribution in [-0.4, -0.2) is 49.9 Å². The molecule has 2 amide bonds. The van der Waals surface area contributed by atoms with Gasteiger partial charge in [0.2, 0.25) is 0 Å². The Morgan fingerprint density at radius 2 is 1.72 bits per heavy atom. The fourth-order valence-corrected chi connectivity index (χ4v) is 3.92. The van der Waals surface area contributed by atoms with Crippen molar-refractivity contribution in [2.45, 2.75) is 6.92 Å². The highest BCUT2D eigenvalue weighted by molar-refractivity contribution is 9.10. The predicted molar refractivity (Wildman–Crippen MR) is 130 cm³/mol. The zero-order valence-electron chi connectivity index (χ0n) is 18.0. The molecule has 0 aliphatic carbocycles. The summed E-state index contributed by atoms with van der Waals surface area (Å²) in [6.45, 7) is 6.07. The third-order valence-corrected chi connectivity index (χ3v) is 5.93. The number of carbonyl (C=O) groups is 2. The summed E-state index contributed by atoms with van der Waals surface area (Å²) in [4.78, 5) is 29.8. The largest absolute Gasteiger partial charge is 0.444 e. The minimum atomic E-state index is -0.386. The molecule has 0 unspecified atom stereocenters. The third kappa shape index (κ3) is 5.20. The molecule has 166 valence electrons. The number of furan rings is 1. The average molecular weight is 497 g/mol. The van der Waals surface area contributed by atoms with Crippen LogP contribution in [0.1, 0.15) is 26.5 Å². The van der Waals surface area contributed by atoms with Crippen LogP contribution in [0.25, 0.3) is 0 Å². The van der Waals surface area contributed by atoms with Crippen molar-refractivity contribution in [3.05, 3.63) is 76.2 Å². The molecule has 0 bridgehead atoms. The summed E-state index contributed by atoms with van der Waals surface area (Å²) in [7, 11) is 2.14. The maximum absolute atomic E-state index is 12.8. The first-order valence-corrected chi connectivity index (χ1v) is 11.2. The van der Waals surface area contributed by atoms with Gasteiger partial charge >= 0.3 is 0 Å². The van der Waals surface area contributed by atoms with E-state index in [1.165, 1.54) is 5.69 Å². The monoisotopic (exact) mass is 496 g/mol. The van der Waals surface area contributed by atoms with E-state index in [9.17, 15) is 9.59 Å². The van der Waals surface area contributed by atoms with Crippen molar-refractivity contribution in [3.8, 4) is 0 Å². The van der Waals surface area contributed by atoms with Crippen LogP contribution in [-0.2, 0) is 0 Å². The van der Waals surface area contributed by atoms with E-state index in [2.05, 4.69) is 49.5 Å². The molecule has 0 atom stereocenters. The summed E-state index contributed by atoms with van der Waals surface area (Å²) < 4.78 is 5.74. The van der Waals surface area contributed by atoms with Gasteiger partial charge in [0.15, 0.2) is 10.4 Å². The zero-order valence-corrected chi connectivity index (χ0v) is 19.6. The number of likely N-dealkylation sites (N-methyl/N-ethyl adjacent to an activating group) is 1. The molecule has 1 aliphatic rings. The van der Waals surface area contributed by atoms with Crippen LogP contribution in [0.4, 0.5) is 17.1 Å². The lowest BCUT2D eigenvalue weighted by Crippen LogP contribution is -2.44. The van der Waals surface area contributed by atoms with Crippen LogP contribution in [0.3, 0.4) is 0 Å². The molecule has 2 heterocycles. The van der Waals surface area contributed by atoms with Gasteiger partial charge in [0, 0.05) is 48.8 Å². The Hall–Kier alpha value is -3.10. The van der Waals surface area contributed by atoms with E-state index in [0.29, 0.717) is 15.9 Å². The first-order valence-electron chi connectivity index (χ1n) is 10.4. The molecule has 8 heteroatoms. The fourth-order valence-electron chi connectivity index (χ4n) is 3.61. The summed E-state index contributed by atoms with van der Waals surface area (Å²) in [6.07, 6.45) is 0. The number of halogens is 1. The summed E-state index contributed by atoms with van der Waals surface area (Å²) in [5.41, 5.74) is 3.90. The Kier molecular flexibility index (Phi) is 6.62. The molecule has 0 spiro atoms. The van der Waals surface area contributed by atoms with Crippen molar-refractivity contribution in [1.82, 2.24) is 4.90 Å². The highest BCUT2D eigenvalue weighted by Gasteiger charge is 2.16. The second-order valence-electron chi connectivity index (χ2n) is 7.88. The van der Waals surface area contributed by atoms with Crippen LogP contribution >= 0.6 is 15.9 Å². The van der Waals surface area contributed by atoms with Gasteiger partial charge in [-0.1, -0.05) is 6.07 Å². The molecule has 0 radical (unpaired) electrons. The molecule has 7 nitrogen and oxygen atoms in total. The maximum Gasteiger partial charge on any atom is 0.291 e. The third-order valence-electron chi connectivity index (χ3n) is 5.51. The SMILES string of the molecule is Cc1cc(N2CCN(C)CC2)ccc1NC(=O)c1cccc(NC(=O)c2ccc(Br)o2)c1. The van der Waals surface area contributed by atoms with E-state index in [1.807, 2.05) is 19.1 Å². The molecule has 1 aromatic heterocycles. The number of aryl methyl sites for hydroxylation is 1. The van der Waals surface area contributed by atoms with E-state index in [4.69, 9.17) is 4.42 Å². The van der Waals surface area contributed by atoms with Gasteiger partial charge in [-0.15, -0.1) is 0 Å². The Morgan fingerprint density at radius 3 is 2.41 bits per heavy atom. The molecule has 0 saturated carbocycles. The summed E-state index contributed by atoms with van der Waals surface area (Å²) in [5, 5.41) is 5.72. The van der Waals surface area contributed by atoms with Crippen molar-refractivity contribution in [2.24, 2.45) is 0 Å². The summed E-state index contributed by atoms with van der Waals surface area (Å²) in [6, 6.07) is 16.1. The Morgan fingerprint density at radius 1 is 0.938 bits per heavy atom. The first kappa shape index (κ1) is 22.1. The minimum absolute atomic E-state index is 0.183. The number of anilines is 3. The van der Waals surface area contributed by atoms with Gasteiger partial charge in [0.05, 0.1) is 0 Å². The molecular weight excluding hydrogens is 472 g/mol. The molecule has 2 N–H and O–H groups in total. The number of nitrogens with zero attached hydrogens (tertiary/aromatic N) is 2. The molecule has 1 saturated heterocycles. The van der Waals surface area contributed by atoms with Crippen molar-refractivity contribution < 1.29 is 14.0 Å². The van der Waals surface area contributed by atoms with Crippen LogP contribution < -0.4 is 15.5 Å². The molecular formula is C24H25BrN4O3. The average Bonchev–Trinajstić information content (AvgIpc) is 3.22. The van der Waals surface area contributed by atoms with Crippen LogP contribution in [0.5, 0.6) is 0 Å². The van der Waals surface area contributed by atoms with Gasteiger partial charge < -0.3 is 24.9 Å².